The van der Waals surface area contributed by atoms with Crippen molar-refractivity contribution in [3.05, 3.63) is 53.5 Å². The molecule has 28 heavy (non-hydrogen) atoms. The van der Waals surface area contributed by atoms with Crippen LogP contribution in [0.5, 0.6) is 0 Å². The largest absolute Gasteiger partial charge is 0.549 e. The van der Waals surface area contributed by atoms with Gasteiger partial charge in [0.05, 0.1) is 29.6 Å². The van der Waals surface area contributed by atoms with Crippen molar-refractivity contribution >= 4 is 23.9 Å². The highest BCUT2D eigenvalue weighted by molar-refractivity contribution is 7.99. The first-order valence-electron chi connectivity index (χ1n) is 7.80. The molecule has 0 radical (unpaired) electrons. The highest BCUT2D eigenvalue weighted by Gasteiger charge is 2.32. The highest BCUT2D eigenvalue weighted by atomic mass is 32.2. The van der Waals surface area contributed by atoms with Crippen LogP contribution in [0.4, 0.5) is 13.2 Å². The summed E-state index contributed by atoms with van der Waals surface area (Å²) in [6.07, 6.45) is -2.11. The smallest absolute Gasteiger partial charge is 0.417 e. The van der Waals surface area contributed by atoms with Crippen molar-refractivity contribution in [1.82, 2.24) is 14.9 Å². The third-order valence-electron chi connectivity index (χ3n) is 3.61. The average Bonchev–Trinajstić information content (AvgIpc) is 3.23. The number of hydrogen-bond acceptors (Lipinski definition) is 7. The van der Waals surface area contributed by atoms with E-state index in [9.17, 15) is 23.1 Å². The Balaban J connectivity index is 2.05. The SMILES string of the molecule is Cc1occc1-c1nnc(SCC(=O)[O-])n1/N=C\c1ccccc1C(F)(F)F. The van der Waals surface area contributed by atoms with Crippen LogP contribution in [0, 0.1) is 6.92 Å². The molecular weight excluding hydrogens is 397 g/mol. The number of alkyl halides is 3. The van der Waals surface area contributed by atoms with Crippen molar-refractivity contribution in [2.45, 2.75) is 18.3 Å². The van der Waals surface area contributed by atoms with Gasteiger partial charge in [-0.25, -0.2) is 0 Å². The number of carbonyl (C=O) groups is 1. The molecule has 2 heterocycles. The molecule has 146 valence electrons. The van der Waals surface area contributed by atoms with Crippen LogP contribution >= 0.6 is 11.8 Å². The van der Waals surface area contributed by atoms with Crippen molar-refractivity contribution in [3.8, 4) is 11.4 Å². The van der Waals surface area contributed by atoms with Gasteiger partial charge in [0.2, 0.25) is 5.16 Å². The van der Waals surface area contributed by atoms with E-state index in [-0.39, 0.29) is 16.5 Å². The molecule has 3 aromatic rings. The Morgan fingerprint density at radius 1 is 1.32 bits per heavy atom. The van der Waals surface area contributed by atoms with Crippen LogP contribution in [-0.2, 0) is 11.0 Å². The standard InChI is InChI=1S/C17H13F3N4O3S/c1-10-12(6-7-27-10)15-22-23-16(28-9-14(25)26)24(15)21-8-11-4-2-3-5-13(11)17(18,19)20/h2-8H,9H2,1H3,(H,25,26)/p-1/b21-8-. The zero-order valence-corrected chi connectivity index (χ0v) is 15.1. The second-order valence-corrected chi connectivity index (χ2v) is 6.44. The Morgan fingerprint density at radius 3 is 2.71 bits per heavy atom. The Morgan fingerprint density at radius 2 is 2.07 bits per heavy atom. The van der Waals surface area contributed by atoms with Gasteiger partial charge in [-0.15, -0.1) is 10.2 Å². The van der Waals surface area contributed by atoms with Gasteiger partial charge in [0.1, 0.15) is 5.76 Å². The van der Waals surface area contributed by atoms with Gasteiger partial charge < -0.3 is 14.3 Å². The Labute approximate surface area is 160 Å². The number of hydrogen-bond donors (Lipinski definition) is 0. The molecule has 0 aliphatic heterocycles. The van der Waals surface area contributed by atoms with Crippen molar-refractivity contribution < 1.29 is 27.5 Å². The number of furan rings is 1. The third kappa shape index (κ3) is 4.25. The second kappa shape index (κ2) is 7.89. The van der Waals surface area contributed by atoms with E-state index in [0.29, 0.717) is 11.3 Å². The molecule has 0 spiro atoms. The molecule has 0 atom stereocenters. The topological polar surface area (TPSA) is 96.3 Å². The fourth-order valence-electron chi connectivity index (χ4n) is 2.36. The number of aryl methyl sites for hydroxylation is 1. The number of aliphatic carboxylic acids is 1. The fourth-order valence-corrected chi connectivity index (χ4v) is 2.96. The minimum Gasteiger partial charge on any atom is -0.549 e. The molecule has 0 saturated heterocycles. The van der Waals surface area contributed by atoms with Gasteiger partial charge in [-0.1, -0.05) is 30.0 Å². The summed E-state index contributed by atoms with van der Waals surface area (Å²) in [5.41, 5.74) is -0.486. The molecule has 0 aliphatic carbocycles. The molecule has 0 bridgehead atoms. The molecule has 0 N–H and O–H groups in total. The van der Waals surface area contributed by atoms with Gasteiger partial charge in [-0.05, 0) is 19.1 Å². The molecule has 11 heteroatoms. The summed E-state index contributed by atoms with van der Waals surface area (Å²) < 4.78 is 45.9. The van der Waals surface area contributed by atoms with Gasteiger partial charge in [-0.2, -0.15) is 22.9 Å². The fraction of sp³-hybridized carbons (Fsp3) is 0.176. The van der Waals surface area contributed by atoms with E-state index >= 15 is 0 Å². The molecule has 0 fully saturated rings. The van der Waals surface area contributed by atoms with Gasteiger partial charge in [0, 0.05) is 11.3 Å². The molecule has 0 unspecified atom stereocenters. The van der Waals surface area contributed by atoms with Crippen molar-refractivity contribution in [2.24, 2.45) is 5.10 Å². The molecule has 2 aromatic heterocycles. The lowest BCUT2D eigenvalue weighted by molar-refractivity contribution is -0.301. The molecule has 0 amide bonds. The first-order chi connectivity index (χ1) is 13.3. The zero-order valence-electron chi connectivity index (χ0n) is 14.3. The number of carboxylic acid groups (broad SMARTS) is 1. The summed E-state index contributed by atoms with van der Waals surface area (Å²) in [5, 5.41) is 22.7. The maximum atomic E-state index is 13.2. The lowest BCUT2D eigenvalue weighted by atomic mass is 10.1. The monoisotopic (exact) mass is 409 g/mol. The maximum Gasteiger partial charge on any atom is 0.417 e. The van der Waals surface area contributed by atoms with E-state index in [1.165, 1.54) is 29.1 Å². The predicted octanol–water partition coefficient (Wildman–Crippen LogP) is 2.59. The van der Waals surface area contributed by atoms with E-state index in [1.807, 2.05) is 0 Å². The van der Waals surface area contributed by atoms with Crippen LogP contribution in [0.15, 0.2) is 51.3 Å². The first kappa shape index (κ1) is 19.7. The molecule has 0 aliphatic rings. The lowest BCUT2D eigenvalue weighted by Crippen LogP contribution is -2.24. The number of rotatable bonds is 6. The molecule has 1 aromatic carbocycles. The lowest BCUT2D eigenvalue weighted by Gasteiger charge is -2.09. The second-order valence-electron chi connectivity index (χ2n) is 5.50. The quantitative estimate of drug-likeness (QED) is 0.459. The van der Waals surface area contributed by atoms with Crippen molar-refractivity contribution in [2.75, 3.05) is 5.75 Å². The summed E-state index contributed by atoms with van der Waals surface area (Å²) in [6.45, 7) is 1.67. The Bertz CT molecular complexity index is 1030. The zero-order chi connectivity index (χ0) is 20.3. The van der Waals surface area contributed by atoms with E-state index in [0.717, 1.165) is 24.0 Å². The minimum atomic E-state index is -4.55. The normalized spacial score (nSPS) is 12.0. The van der Waals surface area contributed by atoms with Crippen LogP contribution in [0.2, 0.25) is 0 Å². The molecular formula is C17H12F3N4O3S-. The van der Waals surface area contributed by atoms with E-state index < -0.39 is 23.5 Å². The Kier molecular flexibility index (Phi) is 5.54. The number of halogens is 3. The number of thioether (sulfide) groups is 1. The maximum absolute atomic E-state index is 13.2. The van der Waals surface area contributed by atoms with E-state index in [4.69, 9.17) is 4.42 Å². The number of carbonyl (C=O) groups excluding carboxylic acids is 1. The van der Waals surface area contributed by atoms with Crippen LogP contribution < -0.4 is 5.11 Å². The van der Waals surface area contributed by atoms with Crippen molar-refractivity contribution in [3.63, 3.8) is 0 Å². The molecule has 3 rings (SSSR count). The van der Waals surface area contributed by atoms with Gasteiger partial charge in [0.15, 0.2) is 5.82 Å². The van der Waals surface area contributed by atoms with Crippen LogP contribution in [0.1, 0.15) is 16.9 Å². The summed E-state index contributed by atoms with van der Waals surface area (Å²) >= 11 is 0.785. The number of benzene rings is 1. The molecule has 0 saturated carbocycles. The summed E-state index contributed by atoms with van der Waals surface area (Å²) in [5.74, 6) is -1.05. The van der Waals surface area contributed by atoms with Gasteiger partial charge in [0.25, 0.3) is 0 Å². The van der Waals surface area contributed by atoms with E-state index in [2.05, 4.69) is 15.3 Å². The third-order valence-corrected chi connectivity index (χ3v) is 4.50. The van der Waals surface area contributed by atoms with Gasteiger partial charge in [-0.3, -0.25) is 0 Å². The number of carboxylic acids is 1. The van der Waals surface area contributed by atoms with Crippen LogP contribution in [0.3, 0.4) is 0 Å². The van der Waals surface area contributed by atoms with E-state index in [1.54, 1.807) is 13.0 Å². The van der Waals surface area contributed by atoms with Crippen LogP contribution in [-0.4, -0.2) is 32.8 Å². The summed E-state index contributed by atoms with van der Waals surface area (Å²) in [6, 6.07) is 6.55. The summed E-state index contributed by atoms with van der Waals surface area (Å²) in [4.78, 5) is 10.7. The number of nitrogens with zero attached hydrogens (tertiary/aromatic N) is 4. The van der Waals surface area contributed by atoms with Gasteiger partial charge >= 0.3 is 6.18 Å². The van der Waals surface area contributed by atoms with Crippen LogP contribution in [0.25, 0.3) is 11.4 Å². The Hall–Kier alpha value is -3.08. The highest BCUT2D eigenvalue weighted by Crippen LogP contribution is 2.31. The average molecular weight is 409 g/mol. The number of aromatic nitrogens is 3. The first-order valence-corrected chi connectivity index (χ1v) is 8.79. The molecule has 7 nitrogen and oxygen atoms in total. The minimum absolute atomic E-state index is 0.0838. The predicted molar refractivity (Wildman–Crippen MR) is 92.6 cm³/mol. The summed E-state index contributed by atoms with van der Waals surface area (Å²) in [7, 11) is 0. The van der Waals surface area contributed by atoms with Crippen molar-refractivity contribution in [1.29, 1.82) is 0 Å².